The third kappa shape index (κ3) is 5.21. The van der Waals surface area contributed by atoms with Crippen molar-refractivity contribution in [2.75, 3.05) is 13.2 Å². The number of rotatable bonds is 9. The first-order valence-electron chi connectivity index (χ1n) is 6.07. The lowest BCUT2D eigenvalue weighted by atomic mass is 9.76. The highest BCUT2D eigenvalue weighted by molar-refractivity contribution is 5.84. The molecule has 5 nitrogen and oxygen atoms in total. The Morgan fingerprint density at radius 2 is 2.11 bits per heavy atom. The van der Waals surface area contributed by atoms with Gasteiger partial charge >= 0.3 is 5.97 Å². The van der Waals surface area contributed by atoms with Crippen LogP contribution in [0.1, 0.15) is 33.6 Å². The van der Waals surface area contributed by atoms with Crippen LogP contribution in [0.4, 0.5) is 0 Å². The van der Waals surface area contributed by atoms with Gasteiger partial charge in [0.2, 0.25) is 5.91 Å². The molecule has 0 aliphatic rings. The molecule has 0 bridgehead atoms. The molecule has 1 unspecified atom stereocenters. The smallest absolute Gasteiger partial charge is 0.310 e. The number of carboxylic acids is 1. The molecule has 1 amide bonds. The van der Waals surface area contributed by atoms with Gasteiger partial charge in [-0.2, -0.15) is 0 Å². The van der Waals surface area contributed by atoms with Gasteiger partial charge < -0.3 is 15.2 Å². The van der Waals surface area contributed by atoms with Gasteiger partial charge in [0, 0.05) is 13.0 Å². The summed E-state index contributed by atoms with van der Waals surface area (Å²) >= 11 is 0. The van der Waals surface area contributed by atoms with Gasteiger partial charge in [0.25, 0.3) is 0 Å². The average Bonchev–Trinajstić information content (AvgIpc) is 2.28. The van der Waals surface area contributed by atoms with Crippen LogP contribution < -0.4 is 5.32 Å². The van der Waals surface area contributed by atoms with Crippen LogP contribution in [-0.2, 0) is 14.3 Å². The van der Waals surface area contributed by atoms with E-state index in [0.29, 0.717) is 19.6 Å². The molecule has 0 saturated heterocycles. The number of carbonyl (C=O) groups excluding carboxylic acids is 1. The Balaban J connectivity index is 4.12. The van der Waals surface area contributed by atoms with E-state index in [-0.39, 0.29) is 18.2 Å². The zero-order valence-electron chi connectivity index (χ0n) is 11.4. The number of carboxylic acid groups (broad SMARTS) is 1. The third-order valence-corrected chi connectivity index (χ3v) is 3.17. The van der Waals surface area contributed by atoms with Gasteiger partial charge in [0.15, 0.2) is 0 Å². The lowest BCUT2D eigenvalue weighted by molar-refractivity contribution is -0.153. The fraction of sp³-hybridized carbons (Fsp3) is 0.692. The van der Waals surface area contributed by atoms with E-state index < -0.39 is 11.4 Å². The minimum atomic E-state index is -1.03. The van der Waals surface area contributed by atoms with Gasteiger partial charge in [-0.3, -0.25) is 9.59 Å². The number of ether oxygens (including phenoxy) is 1. The lowest BCUT2D eigenvalue weighted by Crippen LogP contribution is -2.39. The fourth-order valence-corrected chi connectivity index (χ4v) is 1.39. The van der Waals surface area contributed by atoms with Gasteiger partial charge in [-0.05, 0) is 19.3 Å². The summed E-state index contributed by atoms with van der Waals surface area (Å²) in [5, 5.41) is 11.9. The summed E-state index contributed by atoms with van der Waals surface area (Å²) in [6.07, 6.45) is 2.01. The maximum Gasteiger partial charge on any atom is 0.310 e. The van der Waals surface area contributed by atoms with Gasteiger partial charge in [-0.1, -0.05) is 20.4 Å². The molecule has 0 aromatic carbocycles. The van der Waals surface area contributed by atoms with Crippen molar-refractivity contribution in [3.05, 3.63) is 12.8 Å². The van der Waals surface area contributed by atoms with Crippen molar-refractivity contribution in [1.82, 2.24) is 5.32 Å². The molecule has 0 radical (unpaired) electrons. The SMILES string of the molecule is C=COCCCNC(=O)CC(C)(C(=O)O)C(C)C. The average molecular weight is 257 g/mol. The van der Waals surface area contributed by atoms with Crippen molar-refractivity contribution in [2.24, 2.45) is 11.3 Å². The molecule has 0 spiro atoms. The van der Waals surface area contributed by atoms with E-state index in [0.717, 1.165) is 0 Å². The monoisotopic (exact) mass is 257 g/mol. The Hall–Kier alpha value is -1.52. The molecule has 0 aromatic rings. The minimum absolute atomic E-state index is 0.0116. The molecule has 18 heavy (non-hydrogen) atoms. The van der Waals surface area contributed by atoms with Crippen LogP contribution in [0, 0.1) is 11.3 Å². The number of nitrogens with one attached hydrogen (secondary N) is 1. The molecule has 5 heteroatoms. The number of hydrogen-bond acceptors (Lipinski definition) is 3. The second-order valence-electron chi connectivity index (χ2n) is 4.80. The molecule has 0 aliphatic carbocycles. The number of aliphatic carboxylic acids is 1. The standard InChI is InChI=1S/C13H23NO4/c1-5-18-8-6-7-14-11(15)9-13(4,10(2)3)12(16)17/h5,10H,1,6-9H2,2-4H3,(H,14,15)(H,16,17). The molecular weight excluding hydrogens is 234 g/mol. The van der Waals surface area contributed by atoms with E-state index in [2.05, 4.69) is 11.9 Å². The van der Waals surface area contributed by atoms with E-state index in [1.165, 1.54) is 6.26 Å². The third-order valence-electron chi connectivity index (χ3n) is 3.17. The lowest BCUT2D eigenvalue weighted by Gasteiger charge is -2.28. The van der Waals surface area contributed by atoms with Crippen molar-refractivity contribution in [1.29, 1.82) is 0 Å². The molecule has 0 saturated carbocycles. The Kier molecular flexibility index (Phi) is 7.08. The van der Waals surface area contributed by atoms with Gasteiger partial charge in [-0.25, -0.2) is 0 Å². The molecular formula is C13H23NO4. The molecule has 0 aromatic heterocycles. The predicted octanol–water partition coefficient (Wildman–Crippen LogP) is 1.79. The van der Waals surface area contributed by atoms with Crippen LogP contribution in [0.2, 0.25) is 0 Å². The Morgan fingerprint density at radius 3 is 2.56 bits per heavy atom. The maximum absolute atomic E-state index is 11.7. The zero-order chi connectivity index (χ0) is 14.2. The Morgan fingerprint density at radius 1 is 1.50 bits per heavy atom. The number of hydrogen-bond donors (Lipinski definition) is 2. The molecule has 104 valence electrons. The summed E-state index contributed by atoms with van der Waals surface area (Å²) in [4.78, 5) is 22.9. The first-order chi connectivity index (χ1) is 8.34. The highest BCUT2D eigenvalue weighted by Crippen LogP contribution is 2.31. The molecule has 0 fully saturated rings. The summed E-state index contributed by atoms with van der Waals surface area (Å²) in [5.41, 5.74) is -1.03. The summed E-state index contributed by atoms with van der Waals surface area (Å²) in [6, 6.07) is 0. The van der Waals surface area contributed by atoms with Crippen LogP contribution in [-0.4, -0.2) is 30.1 Å². The molecule has 2 N–H and O–H groups in total. The van der Waals surface area contributed by atoms with Crippen LogP contribution in [0.25, 0.3) is 0 Å². The number of amides is 1. The van der Waals surface area contributed by atoms with Gasteiger partial charge in [0.1, 0.15) is 0 Å². The Bertz CT molecular complexity index is 301. The molecule has 0 aliphatic heterocycles. The van der Waals surface area contributed by atoms with E-state index in [1.54, 1.807) is 20.8 Å². The summed E-state index contributed by atoms with van der Waals surface area (Å²) in [7, 11) is 0. The maximum atomic E-state index is 11.7. The predicted molar refractivity (Wildman–Crippen MR) is 69.0 cm³/mol. The minimum Gasteiger partial charge on any atom is -0.502 e. The number of carbonyl (C=O) groups is 2. The molecule has 1 atom stereocenters. The first kappa shape index (κ1) is 16.5. The summed E-state index contributed by atoms with van der Waals surface area (Å²) < 4.78 is 4.91. The van der Waals surface area contributed by atoms with Crippen molar-refractivity contribution >= 4 is 11.9 Å². The first-order valence-corrected chi connectivity index (χ1v) is 6.07. The normalized spacial score (nSPS) is 13.8. The molecule has 0 heterocycles. The molecule has 0 rings (SSSR count). The highest BCUT2D eigenvalue weighted by Gasteiger charge is 2.38. The second-order valence-corrected chi connectivity index (χ2v) is 4.80. The zero-order valence-corrected chi connectivity index (χ0v) is 11.4. The second kappa shape index (κ2) is 7.74. The van der Waals surface area contributed by atoms with E-state index in [1.807, 2.05) is 0 Å². The van der Waals surface area contributed by atoms with Gasteiger partial charge in [-0.15, -0.1) is 0 Å². The largest absolute Gasteiger partial charge is 0.502 e. The van der Waals surface area contributed by atoms with E-state index >= 15 is 0 Å². The van der Waals surface area contributed by atoms with Crippen molar-refractivity contribution in [3.63, 3.8) is 0 Å². The van der Waals surface area contributed by atoms with Crippen molar-refractivity contribution in [3.8, 4) is 0 Å². The summed E-state index contributed by atoms with van der Waals surface area (Å²) in [5.74, 6) is -1.29. The van der Waals surface area contributed by atoms with Gasteiger partial charge in [0.05, 0.1) is 18.3 Å². The van der Waals surface area contributed by atoms with Crippen LogP contribution in [0.3, 0.4) is 0 Å². The van der Waals surface area contributed by atoms with Crippen LogP contribution >= 0.6 is 0 Å². The van der Waals surface area contributed by atoms with E-state index in [9.17, 15) is 14.7 Å². The van der Waals surface area contributed by atoms with E-state index in [4.69, 9.17) is 4.74 Å². The highest BCUT2D eigenvalue weighted by atomic mass is 16.5. The summed E-state index contributed by atoms with van der Waals surface area (Å²) in [6.45, 7) is 9.58. The van der Waals surface area contributed by atoms with Crippen molar-refractivity contribution < 1.29 is 19.4 Å². The van der Waals surface area contributed by atoms with Crippen LogP contribution in [0.5, 0.6) is 0 Å². The van der Waals surface area contributed by atoms with Crippen LogP contribution in [0.15, 0.2) is 12.8 Å². The fourth-order valence-electron chi connectivity index (χ4n) is 1.39. The topological polar surface area (TPSA) is 75.6 Å². The van der Waals surface area contributed by atoms with Crippen molar-refractivity contribution in [2.45, 2.75) is 33.6 Å². The Labute approximate surface area is 108 Å². The quantitative estimate of drug-likeness (QED) is 0.488.